The largest absolute Gasteiger partial charge is 0.396 e. The van der Waals surface area contributed by atoms with E-state index in [-0.39, 0.29) is 0 Å². The van der Waals surface area contributed by atoms with Gasteiger partial charge in [-0.15, -0.1) is 0 Å². The van der Waals surface area contributed by atoms with Crippen LogP contribution in [0.3, 0.4) is 0 Å². The topological polar surface area (TPSA) is 48.0 Å². The van der Waals surface area contributed by atoms with Gasteiger partial charge in [-0.3, -0.25) is 0 Å². The number of rotatable bonds is 6. The minimum atomic E-state index is 0.314. The van der Waals surface area contributed by atoms with E-state index in [2.05, 4.69) is 40.8 Å². The summed E-state index contributed by atoms with van der Waals surface area (Å²) in [5.41, 5.74) is 2.91. The fourth-order valence-corrected chi connectivity index (χ4v) is 2.67. The van der Waals surface area contributed by atoms with Gasteiger partial charge in [0.05, 0.1) is 0 Å². The van der Waals surface area contributed by atoms with Crippen LogP contribution in [-0.2, 0) is 6.54 Å². The molecule has 1 saturated carbocycles. The normalized spacial score (nSPS) is 17.2. The molecule has 3 heteroatoms. The van der Waals surface area contributed by atoms with E-state index in [9.17, 15) is 0 Å². The van der Waals surface area contributed by atoms with Gasteiger partial charge < -0.3 is 15.4 Å². The zero-order chi connectivity index (χ0) is 12.4. The van der Waals surface area contributed by atoms with Crippen molar-refractivity contribution in [3.05, 3.63) is 36.0 Å². The van der Waals surface area contributed by atoms with Crippen molar-refractivity contribution in [1.29, 1.82) is 0 Å². The Kier molecular flexibility index (Phi) is 3.10. The molecule has 96 valence electrons. The first-order valence-corrected chi connectivity index (χ1v) is 6.70. The monoisotopic (exact) mass is 244 g/mol. The Morgan fingerprint density at radius 3 is 2.89 bits per heavy atom. The Bertz CT molecular complexity index is 528. The molecule has 3 rings (SSSR count). The summed E-state index contributed by atoms with van der Waals surface area (Å²) < 4.78 is 0. The Morgan fingerprint density at radius 1 is 1.28 bits per heavy atom. The molecular weight excluding hydrogens is 224 g/mol. The highest BCUT2D eigenvalue weighted by Gasteiger charge is 2.41. The van der Waals surface area contributed by atoms with Crippen molar-refractivity contribution in [2.75, 3.05) is 13.2 Å². The maximum absolute atomic E-state index is 9.03. The lowest BCUT2D eigenvalue weighted by molar-refractivity contribution is 0.245. The number of aliphatic hydroxyl groups is 1. The molecular formula is C15H20N2O. The van der Waals surface area contributed by atoms with Crippen LogP contribution in [0, 0.1) is 5.41 Å². The van der Waals surface area contributed by atoms with E-state index >= 15 is 0 Å². The lowest BCUT2D eigenvalue weighted by Crippen LogP contribution is -2.24. The molecule has 1 aliphatic carbocycles. The van der Waals surface area contributed by atoms with Crippen molar-refractivity contribution in [2.24, 2.45) is 5.41 Å². The third-order valence-corrected chi connectivity index (χ3v) is 4.09. The quantitative estimate of drug-likeness (QED) is 0.731. The van der Waals surface area contributed by atoms with E-state index in [4.69, 9.17) is 5.11 Å². The van der Waals surface area contributed by atoms with Crippen LogP contribution in [0.1, 0.15) is 24.8 Å². The van der Waals surface area contributed by atoms with E-state index in [1.165, 1.54) is 29.3 Å². The average Bonchev–Trinajstić information content (AvgIpc) is 3.02. The van der Waals surface area contributed by atoms with E-state index in [1.807, 2.05) is 0 Å². The van der Waals surface area contributed by atoms with Gasteiger partial charge in [0, 0.05) is 36.8 Å². The van der Waals surface area contributed by atoms with Gasteiger partial charge >= 0.3 is 0 Å². The van der Waals surface area contributed by atoms with Crippen molar-refractivity contribution in [1.82, 2.24) is 10.3 Å². The van der Waals surface area contributed by atoms with Crippen LogP contribution in [0.25, 0.3) is 10.9 Å². The van der Waals surface area contributed by atoms with Gasteiger partial charge in [-0.25, -0.2) is 0 Å². The van der Waals surface area contributed by atoms with Crippen LogP contribution in [0.4, 0.5) is 0 Å². The second kappa shape index (κ2) is 4.75. The maximum atomic E-state index is 9.03. The molecule has 1 heterocycles. The summed E-state index contributed by atoms with van der Waals surface area (Å²) in [5, 5.41) is 13.9. The third kappa shape index (κ3) is 2.28. The fourth-order valence-electron chi connectivity index (χ4n) is 2.67. The van der Waals surface area contributed by atoms with Gasteiger partial charge in [0.15, 0.2) is 0 Å². The predicted octanol–water partition coefficient (Wildman–Crippen LogP) is 2.42. The zero-order valence-corrected chi connectivity index (χ0v) is 10.6. The average molecular weight is 244 g/mol. The number of aromatic nitrogens is 1. The molecule has 0 radical (unpaired) electrons. The number of aromatic amines is 1. The molecule has 2 aromatic rings. The second-order valence-electron chi connectivity index (χ2n) is 5.44. The van der Waals surface area contributed by atoms with Crippen molar-refractivity contribution in [3.63, 3.8) is 0 Å². The van der Waals surface area contributed by atoms with Crippen LogP contribution < -0.4 is 5.32 Å². The van der Waals surface area contributed by atoms with Gasteiger partial charge in [-0.1, -0.05) is 18.2 Å². The molecule has 18 heavy (non-hydrogen) atoms. The molecule has 1 aliphatic rings. The summed E-state index contributed by atoms with van der Waals surface area (Å²) in [5.74, 6) is 0. The number of hydrogen-bond donors (Lipinski definition) is 3. The highest BCUT2D eigenvalue weighted by Crippen LogP contribution is 2.47. The minimum Gasteiger partial charge on any atom is -0.396 e. The molecule has 0 spiro atoms. The molecule has 1 fully saturated rings. The lowest BCUT2D eigenvalue weighted by Gasteiger charge is -2.14. The molecule has 3 N–H and O–H groups in total. The molecule has 0 unspecified atom stereocenters. The molecule has 0 atom stereocenters. The van der Waals surface area contributed by atoms with Crippen LogP contribution >= 0.6 is 0 Å². The van der Waals surface area contributed by atoms with Gasteiger partial charge in [0.1, 0.15) is 0 Å². The molecule has 0 amide bonds. The van der Waals surface area contributed by atoms with E-state index in [0.29, 0.717) is 12.0 Å². The van der Waals surface area contributed by atoms with Crippen molar-refractivity contribution in [2.45, 2.75) is 25.8 Å². The van der Waals surface area contributed by atoms with Crippen LogP contribution in [0.2, 0.25) is 0 Å². The number of para-hydroxylation sites is 1. The number of nitrogens with one attached hydrogen (secondary N) is 2. The van der Waals surface area contributed by atoms with E-state index < -0.39 is 0 Å². The van der Waals surface area contributed by atoms with Crippen molar-refractivity contribution in [3.8, 4) is 0 Å². The summed E-state index contributed by atoms with van der Waals surface area (Å²) in [6.07, 6.45) is 5.54. The number of benzene rings is 1. The summed E-state index contributed by atoms with van der Waals surface area (Å²) in [4.78, 5) is 3.30. The Labute approximate surface area is 107 Å². The lowest BCUT2D eigenvalue weighted by atomic mass is 10.0. The molecule has 1 aromatic carbocycles. The van der Waals surface area contributed by atoms with E-state index in [0.717, 1.165) is 19.5 Å². The Balaban J connectivity index is 1.60. The fraction of sp³-hybridized carbons (Fsp3) is 0.467. The SMILES string of the molecule is OCCC1(CNCc2c[nH]c3ccccc23)CC1. The second-order valence-corrected chi connectivity index (χ2v) is 5.44. The first kappa shape index (κ1) is 11.8. The summed E-state index contributed by atoms with van der Waals surface area (Å²) in [6, 6.07) is 8.39. The molecule has 0 bridgehead atoms. The van der Waals surface area contributed by atoms with Crippen LogP contribution in [-0.4, -0.2) is 23.2 Å². The molecule has 1 aromatic heterocycles. The number of aliphatic hydroxyl groups excluding tert-OH is 1. The first-order valence-electron chi connectivity index (χ1n) is 6.70. The van der Waals surface area contributed by atoms with Gasteiger partial charge in [0.25, 0.3) is 0 Å². The number of H-pyrrole nitrogens is 1. The maximum Gasteiger partial charge on any atom is 0.0457 e. The summed E-state index contributed by atoms with van der Waals surface area (Å²) >= 11 is 0. The number of hydrogen-bond acceptors (Lipinski definition) is 2. The van der Waals surface area contributed by atoms with Crippen molar-refractivity contribution >= 4 is 10.9 Å². The Hall–Kier alpha value is -1.32. The molecule has 0 saturated heterocycles. The first-order chi connectivity index (χ1) is 8.83. The highest BCUT2D eigenvalue weighted by atomic mass is 16.3. The van der Waals surface area contributed by atoms with Gasteiger partial charge in [-0.2, -0.15) is 0 Å². The standard InChI is InChI=1S/C15H20N2O/c18-8-7-15(5-6-15)11-16-9-12-10-17-14-4-2-1-3-13(12)14/h1-4,10,16-18H,5-9,11H2. The smallest absolute Gasteiger partial charge is 0.0457 e. The van der Waals surface area contributed by atoms with Crippen LogP contribution in [0.5, 0.6) is 0 Å². The minimum absolute atomic E-state index is 0.314. The van der Waals surface area contributed by atoms with Crippen molar-refractivity contribution < 1.29 is 5.11 Å². The van der Waals surface area contributed by atoms with E-state index in [1.54, 1.807) is 0 Å². The van der Waals surface area contributed by atoms with Gasteiger partial charge in [0.2, 0.25) is 0 Å². The highest BCUT2D eigenvalue weighted by molar-refractivity contribution is 5.82. The third-order valence-electron chi connectivity index (χ3n) is 4.09. The number of fused-ring (bicyclic) bond motifs is 1. The van der Waals surface area contributed by atoms with Gasteiger partial charge in [-0.05, 0) is 36.3 Å². The summed E-state index contributed by atoms with van der Waals surface area (Å²) in [6.45, 7) is 2.24. The zero-order valence-electron chi connectivity index (χ0n) is 10.6. The predicted molar refractivity (Wildman–Crippen MR) is 73.4 cm³/mol. The Morgan fingerprint density at radius 2 is 2.11 bits per heavy atom. The molecule has 0 aliphatic heterocycles. The summed E-state index contributed by atoms with van der Waals surface area (Å²) in [7, 11) is 0. The molecule has 3 nitrogen and oxygen atoms in total. The van der Waals surface area contributed by atoms with Crippen LogP contribution in [0.15, 0.2) is 30.5 Å².